The highest BCUT2D eigenvalue weighted by Crippen LogP contribution is 2.26. The summed E-state index contributed by atoms with van der Waals surface area (Å²) >= 11 is 0. The fourth-order valence-electron chi connectivity index (χ4n) is 2.21. The molecule has 1 aromatic carbocycles. The van der Waals surface area contributed by atoms with E-state index in [0.29, 0.717) is 10.9 Å². The Labute approximate surface area is 127 Å². The highest BCUT2D eigenvalue weighted by Gasteiger charge is 2.23. The molecule has 116 valence electrons. The number of fused-ring (bicyclic) bond motifs is 1. The van der Waals surface area contributed by atoms with Gasteiger partial charge in [0.15, 0.2) is 5.78 Å². The zero-order valence-electron chi connectivity index (χ0n) is 12.9. The topological polar surface area (TPSA) is 88.4 Å². The zero-order chi connectivity index (χ0) is 16.6. The van der Waals surface area contributed by atoms with E-state index in [9.17, 15) is 19.5 Å². The molecule has 6 heteroatoms. The predicted molar refractivity (Wildman–Crippen MR) is 83.2 cm³/mol. The normalized spacial score (nSPS) is 12.2. The van der Waals surface area contributed by atoms with Crippen LogP contribution in [-0.2, 0) is 11.8 Å². The first-order valence-electron chi connectivity index (χ1n) is 6.87. The van der Waals surface area contributed by atoms with Crippen molar-refractivity contribution in [2.75, 3.05) is 0 Å². The number of hydrogen-bond donors (Lipinski definition) is 2. The highest BCUT2D eigenvalue weighted by molar-refractivity contribution is 6.03. The second-order valence-electron chi connectivity index (χ2n) is 5.41. The maximum Gasteiger partial charge on any atom is 0.267 e. The highest BCUT2D eigenvalue weighted by atomic mass is 16.3. The maximum atomic E-state index is 12.4. The third kappa shape index (κ3) is 2.59. The minimum absolute atomic E-state index is 0.235. The first-order valence-corrected chi connectivity index (χ1v) is 6.87. The molecule has 0 aliphatic rings. The number of ketones is 1. The summed E-state index contributed by atoms with van der Waals surface area (Å²) in [6, 6.07) is 4.47. The summed E-state index contributed by atoms with van der Waals surface area (Å²) < 4.78 is 1.31. The Balaban J connectivity index is 2.65. The number of hydrogen-bond acceptors (Lipinski definition) is 4. The van der Waals surface area contributed by atoms with Crippen LogP contribution in [0.2, 0.25) is 0 Å². The third-order valence-electron chi connectivity index (χ3n) is 3.71. The van der Waals surface area contributed by atoms with Gasteiger partial charge in [-0.15, -0.1) is 0 Å². The van der Waals surface area contributed by atoms with Crippen LogP contribution >= 0.6 is 0 Å². The summed E-state index contributed by atoms with van der Waals surface area (Å²) in [4.78, 5) is 35.8. The molecule has 0 bridgehead atoms. The number of benzene rings is 1. The number of carbonyl (C=O) groups is 2. The lowest BCUT2D eigenvalue weighted by Crippen LogP contribution is -2.40. The summed E-state index contributed by atoms with van der Waals surface area (Å²) in [6.45, 7) is 4.73. The molecule has 0 unspecified atom stereocenters. The molecule has 0 fully saturated rings. The molecule has 1 atom stereocenters. The van der Waals surface area contributed by atoms with E-state index in [0.717, 1.165) is 5.56 Å². The lowest BCUT2D eigenvalue weighted by molar-refractivity contribution is -0.118. The van der Waals surface area contributed by atoms with Gasteiger partial charge >= 0.3 is 0 Å². The van der Waals surface area contributed by atoms with Gasteiger partial charge in [-0.3, -0.25) is 14.4 Å². The van der Waals surface area contributed by atoms with Crippen molar-refractivity contribution >= 4 is 22.6 Å². The van der Waals surface area contributed by atoms with E-state index < -0.39 is 17.5 Å². The van der Waals surface area contributed by atoms with E-state index >= 15 is 0 Å². The Kier molecular flexibility index (Phi) is 4.03. The molecular weight excluding hydrogens is 284 g/mol. The number of aryl methyl sites for hydroxylation is 2. The number of aromatic nitrogens is 1. The molecule has 0 radical (unpaired) electrons. The van der Waals surface area contributed by atoms with Crippen LogP contribution < -0.4 is 10.9 Å². The van der Waals surface area contributed by atoms with Crippen LogP contribution in [0.15, 0.2) is 23.0 Å². The molecule has 6 nitrogen and oxygen atoms in total. The second-order valence-corrected chi connectivity index (χ2v) is 5.41. The Morgan fingerprint density at radius 2 is 1.95 bits per heavy atom. The molecule has 0 aliphatic heterocycles. The SMILES string of the molecule is CC(=O)[C@H](C)NC(=O)c1c(O)c2ccc(C)cc2n(C)c1=O. The second kappa shape index (κ2) is 5.63. The quantitative estimate of drug-likeness (QED) is 0.893. The lowest BCUT2D eigenvalue weighted by atomic mass is 10.1. The molecular formula is C16H18N2O4. The third-order valence-corrected chi connectivity index (χ3v) is 3.71. The van der Waals surface area contributed by atoms with Gasteiger partial charge in [0.2, 0.25) is 0 Å². The average molecular weight is 302 g/mol. The van der Waals surface area contributed by atoms with Gasteiger partial charge in [0.1, 0.15) is 11.3 Å². The molecule has 0 spiro atoms. The van der Waals surface area contributed by atoms with Gasteiger partial charge in [-0.05, 0) is 38.5 Å². The number of aromatic hydroxyl groups is 1. The minimum atomic E-state index is -0.761. The van der Waals surface area contributed by atoms with Gasteiger partial charge in [0, 0.05) is 12.4 Å². The molecule has 2 aromatic rings. The Bertz CT molecular complexity index is 836. The van der Waals surface area contributed by atoms with Gasteiger partial charge in [0.25, 0.3) is 11.5 Å². The largest absolute Gasteiger partial charge is 0.506 e. The Morgan fingerprint density at radius 1 is 1.32 bits per heavy atom. The van der Waals surface area contributed by atoms with Crippen molar-refractivity contribution < 1.29 is 14.7 Å². The van der Waals surface area contributed by atoms with Crippen molar-refractivity contribution in [2.24, 2.45) is 7.05 Å². The van der Waals surface area contributed by atoms with Crippen molar-refractivity contribution in [3.63, 3.8) is 0 Å². The van der Waals surface area contributed by atoms with E-state index in [1.807, 2.05) is 6.92 Å². The summed E-state index contributed by atoms with van der Waals surface area (Å²) in [5, 5.41) is 13.1. The number of nitrogens with zero attached hydrogens (tertiary/aromatic N) is 1. The van der Waals surface area contributed by atoms with E-state index in [4.69, 9.17) is 0 Å². The molecule has 0 aliphatic carbocycles. The van der Waals surface area contributed by atoms with E-state index in [-0.39, 0.29) is 17.1 Å². The smallest absolute Gasteiger partial charge is 0.267 e. The summed E-state index contributed by atoms with van der Waals surface area (Å²) in [5.74, 6) is -1.37. The summed E-state index contributed by atoms with van der Waals surface area (Å²) in [7, 11) is 1.54. The zero-order valence-corrected chi connectivity index (χ0v) is 12.9. The van der Waals surface area contributed by atoms with E-state index in [1.54, 1.807) is 18.2 Å². The fraction of sp³-hybridized carbons (Fsp3) is 0.312. The van der Waals surface area contributed by atoms with Crippen molar-refractivity contribution in [2.45, 2.75) is 26.8 Å². The molecule has 2 N–H and O–H groups in total. The van der Waals surface area contributed by atoms with Gasteiger partial charge in [-0.2, -0.15) is 0 Å². The van der Waals surface area contributed by atoms with Crippen LogP contribution in [0.5, 0.6) is 5.75 Å². The number of pyridine rings is 1. The van der Waals surface area contributed by atoms with Crippen molar-refractivity contribution in [1.82, 2.24) is 9.88 Å². The first-order chi connectivity index (χ1) is 10.2. The number of amides is 1. The Hall–Kier alpha value is -2.63. The molecule has 0 saturated carbocycles. The van der Waals surface area contributed by atoms with Crippen molar-refractivity contribution in [3.05, 3.63) is 39.7 Å². The number of carbonyl (C=O) groups excluding carboxylic acids is 2. The predicted octanol–water partition coefficient (Wildman–Crippen LogP) is 1.26. The van der Waals surface area contributed by atoms with Crippen LogP contribution in [0.1, 0.15) is 29.8 Å². The summed E-state index contributed by atoms with van der Waals surface area (Å²) in [6.07, 6.45) is 0. The van der Waals surface area contributed by atoms with Crippen molar-refractivity contribution in [3.8, 4) is 5.75 Å². The van der Waals surface area contributed by atoms with Crippen LogP contribution in [0.25, 0.3) is 10.9 Å². The van der Waals surface area contributed by atoms with Crippen LogP contribution in [0.3, 0.4) is 0 Å². The lowest BCUT2D eigenvalue weighted by Gasteiger charge is -2.14. The molecule has 1 amide bonds. The fourth-order valence-corrected chi connectivity index (χ4v) is 2.21. The van der Waals surface area contributed by atoms with E-state index in [1.165, 1.54) is 25.5 Å². The number of Topliss-reactive ketones (excluding diaryl/α,β-unsaturated/α-hetero) is 1. The summed E-state index contributed by atoms with van der Waals surface area (Å²) in [5.41, 5.74) is 0.513. The molecule has 2 rings (SSSR count). The maximum absolute atomic E-state index is 12.4. The monoisotopic (exact) mass is 302 g/mol. The first kappa shape index (κ1) is 15.8. The minimum Gasteiger partial charge on any atom is -0.506 e. The number of rotatable bonds is 3. The van der Waals surface area contributed by atoms with Gasteiger partial charge in [-0.25, -0.2) is 0 Å². The standard InChI is InChI=1S/C16H18N2O4/c1-8-5-6-11-12(7-8)18(4)16(22)13(14(11)20)15(21)17-9(2)10(3)19/h5-7,9,20H,1-4H3,(H,17,21)/t9-/m0/s1. The van der Waals surface area contributed by atoms with Gasteiger partial charge in [0.05, 0.1) is 11.6 Å². The average Bonchev–Trinajstić information content (AvgIpc) is 2.44. The molecule has 1 aromatic heterocycles. The van der Waals surface area contributed by atoms with Gasteiger partial charge < -0.3 is 15.0 Å². The molecule has 22 heavy (non-hydrogen) atoms. The number of nitrogens with one attached hydrogen (secondary N) is 1. The van der Waals surface area contributed by atoms with Crippen molar-refractivity contribution in [1.29, 1.82) is 0 Å². The van der Waals surface area contributed by atoms with Crippen LogP contribution in [-0.4, -0.2) is 27.4 Å². The Morgan fingerprint density at radius 3 is 2.55 bits per heavy atom. The molecule has 0 saturated heterocycles. The van der Waals surface area contributed by atoms with Crippen LogP contribution in [0, 0.1) is 6.92 Å². The van der Waals surface area contributed by atoms with Gasteiger partial charge in [-0.1, -0.05) is 6.07 Å². The van der Waals surface area contributed by atoms with Crippen LogP contribution in [0.4, 0.5) is 0 Å². The van der Waals surface area contributed by atoms with E-state index in [2.05, 4.69) is 5.32 Å². The molecule has 1 heterocycles.